The van der Waals surface area contributed by atoms with Crippen molar-refractivity contribution in [2.45, 2.75) is 57.0 Å². The molecular weight excluding hydrogens is 388 g/mol. The zero-order valence-electron chi connectivity index (χ0n) is 18.5. The minimum atomic E-state index is -0.988. The van der Waals surface area contributed by atoms with E-state index >= 15 is 0 Å². The highest BCUT2D eigenvalue weighted by Crippen LogP contribution is 2.44. The van der Waals surface area contributed by atoms with Crippen LogP contribution in [-0.4, -0.2) is 35.7 Å². The van der Waals surface area contributed by atoms with Gasteiger partial charge in [0.1, 0.15) is 12.5 Å². The van der Waals surface area contributed by atoms with Gasteiger partial charge in [-0.25, -0.2) is 0 Å². The van der Waals surface area contributed by atoms with Crippen LogP contribution in [0, 0.1) is 0 Å². The molecule has 5 nitrogen and oxygen atoms in total. The Morgan fingerprint density at radius 3 is 2.29 bits per heavy atom. The lowest BCUT2D eigenvalue weighted by Crippen LogP contribution is -2.41. The van der Waals surface area contributed by atoms with Crippen molar-refractivity contribution in [3.63, 3.8) is 0 Å². The van der Waals surface area contributed by atoms with E-state index in [0.29, 0.717) is 12.0 Å². The molecule has 4 rings (SSSR count). The lowest BCUT2D eigenvalue weighted by molar-refractivity contribution is -0.113. The fourth-order valence-electron chi connectivity index (χ4n) is 4.90. The summed E-state index contributed by atoms with van der Waals surface area (Å²) in [6.07, 6.45) is 5.99. The van der Waals surface area contributed by atoms with Crippen molar-refractivity contribution in [3.8, 4) is 0 Å². The number of rotatable bonds is 7. The van der Waals surface area contributed by atoms with Gasteiger partial charge in [0.15, 0.2) is 0 Å². The van der Waals surface area contributed by atoms with Crippen LogP contribution in [0.1, 0.15) is 67.4 Å². The molecule has 0 radical (unpaired) electrons. The van der Waals surface area contributed by atoms with Crippen LogP contribution in [0.4, 0.5) is 0 Å². The van der Waals surface area contributed by atoms with Crippen LogP contribution in [0.5, 0.6) is 0 Å². The van der Waals surface area contributed by atoms with Crippen LogP contribution >= 0.6 is 0 Å². The quantitative estimate of drug-likeness (QED) is 0.693. The van der Waals surface area contributed by atoms with Gasteiger partial charge in [0.05, 0.1) is 6.10 Å². The average molecular weight is 423 g/mol. The normalized spacial score (nSPS) is 20.8. The molecule has 5 heteroatoms. The molecule has 1 fully saturated rings. The van der Waals surface area contributed by atoms with Crippen LogP contribution in [-0.2, 0) is 15.3 Å². The topological polar surface area (TPSA) is 68.0 Å². The first-order valence-electron chi connectivity index (χ1n) is 11.4. The third-order valence-electron chi connectivity index (χ3n) is 6.79. The molecule has 2 unspecified atom stereocenters. The second-order valence-corrected chi connectivity index (χ2v) is 8.75. The lowest BCUT2D eigenvalue weighted by atomic mass is 9.82. The molecule has 0 bridgehead atoms. The highest BCUT2D eigenvalue weighted by molar-refractivity contribution is 5.43. The summed E-state index contributed by atoms with van der Waals surface area (Å²) in [6.45, 7) is 6.94. The summed E-state index contributed by atoms with van der Waals surface area (Å²) in [5.74, 6) is -0.531. The molecule has 0 amide bonds. The van der Waals surface area contributed by atoms with Gasteiger partial charge >= 0.3 is 5.79 Å². The van der Waals surface area contributed by atoms with Crippen molar-refractivity contribution < 1.29 is 14.6 Å². The standard InChI is InChI=1S/C26H34N2O3/c1-19(11-14-27)28-15-12-22(13-16-28)24-5-3-4-6-25(24)26(30-17-18-31-26)23-9-7-21(8-10-23)20(2)29/h3-10,17-20,22,29H,11-16,27H2,1-2H3. The maximum absolute atomic E-state index is 9.88. The molecule has 2 aliphatic heterocycles. The van der Waals surface area contributed by atoms with Gasteiger partial charge in [-0.3, -0.25) is 0 Å². The number of nitrogens with two attached hydrogens (primary N) is 1. The molecule has 0 aliphatic carbocycles. The number of aliphatic hydroxyl groups is 1. The van der Waals surface area contributed by atoms with Crippen molar-refractivity contribution in [3.05, 3.63) is 83.3 Å². The molecule has 0 saturated carbocycles. The maximum Gasteiger partial charge on any atom is 0.304 e. The van der Waals surface area contributed by atoms with Crippen LogP contribution < -0.4 is 5.73 Å². The van der Waals surface area contributed by atoms with E-state index in [-0.39, 0.29) is 0 Å². The third-order valence-corrected chi connectivity index (χ3v) is 6.79. The fraction of sp³-hybridized carbons (Fsp3) is 0.462. The summed E-state index contributed by atoms with van der Waals surface area (Å²) in [4.78, 5) is 2.56. The number of hydrogen-bond donors (Lipinski definition) is 2. The van der Waals surface area contributed by atoms with Crippen LogP contribution in [0.25, 0.3) is 0 Å². The van der Waals surface area contributed by atoms with Crippen LogP contribution in [0.15, 0.2) is 61.1 Å². The summed E-state index contributed by atoms with van der Waals surface area (Å²) >= 11 is 0. The summed E-state index contributed by atoms with van der Waals surface area (Å²) in [6, 6.07) is 16.9. The van der Waals surface area contributed by atoms with Crippen molar-refractivity contribution in [1.82, 2.24) is 4.90 Å². The molecule has 31 heavy (non-hydrogen) atoms. The number of piperidine rings is 1. The van der Waals surface area contributed by atoms with E-state index in [1.54, 1.807) is 19.4 Å². The summed E-state index contributed by atoms with van der Waals surface area (Å²) in [7, 11) is 0. The number of likely N-dealkylation sites (tertiary alicyclic amines) is 1. The predicted octanol–water partition coefficient (Wildman–Crippen LogP) is 4.38. The second kappa shape index (κ2) is 9.43. The monoisotopic (exact) mass is 422 g/mol. The van der Waals surface area contributed by atoms with Gasteiger partial charge in [-0.05, 0) is 69.8 Å². The SMILES string of the molecule is CC(O)c1ccc(C2(c3ccccc3C3CCN(C(C)CCN)CC3)OC=CO2)cc1. The summed E-state index contributed by atoms with van der Waals surface area (Å²) in [5, 5.41) is 9.88. The molecule has 166 valence electrons. The highest BCUT2D eigenvalue weighted by atomic mass is 16.7. The molecule has 3 N–H and O–H groups in total. The molecule has 2 atom stereocenters. The Labute approximate surface area is 185 Å². The smallest absolute Gasteiger partial charge is 0.304 e. The minimum Gasteiger partial charge on any atom is -0.449 e. The first-order chi connectivity index (χ1) is 15.0. The zero-order chi connectivity index (χ0) is 21.8. The maximum atomic E-state index is 9.88. The van der Waals surface area contributed by atoms with Gasteiger partial charge < -0.3 is 25.2 Å². The van der Waals surface area contributed by atoms with Gasteiger partial charge in [0, 0.05) is 17.2 Å². The molecule has 2 aliphatic rings. The van der Waals surface area contributed by atoms with Crippen LogP contribution in [0.2, 0.25) is 0 Å². The molecule has 0 aromatic heterocycles. The number of aliphatic hydroxyl groups excluding tert-OH is 1. The van der Waals surface area contributed by atoms with E-state index < -0.39 is 11.9 Å². The van der Waals surface area contributed by atoms with Gasteiger partial charge in [-0.1, -0.05) is 48.5 Å². The van der Waals surface area contributed by atoms with E-state index in [0.717, 1.165) is 55.6 Å². The van der Waals surface area contributed by atoms with Crippen LogP contribution in [0.3, 0.4) is 0 Å². The van der Waals surface area contributed by atoms with Gasteiger partial charge in [0.2, 0.25) is 0 Å². The van der Waals surface area contributed by atoms with E-state index in [9.17, 15) is 5.11 Å². The Morgan fingerprint density at radius 2 is 1.68 bits per heavy atom. The first kappa shape index (κ1) is 21.9. The summed E-state index contributed by atoms with van der Waals surface area (Å²) < 4.78 is 12.3. The first-order valence-corrected chi connectivity index (χ1v) is 11.4. The molecule has 0 spiro atoms. The van der Waals surface area contributed by atoms with Gasteiger partial charge in [-0.2, -0.15) is 0 Å². The van der Waals surface area contributed by atoms with Crippen molar-refractivity contribution in [1.29, 1.82) is 0 Å². The van der Waals surface area contributed by atoms with Gasteiger partial charge in [0.25, 0.3) is 0 Å². The van der Waals surface area contributed by atoms with Crippen molar-refractivity contribution >= 4 is 0 Å². The number of benzene rings is 2. The van der Waals surface area contributed by atoms with E-state index in [1.165, 1.54) is 5.56 Å². The minimum absolute atomic E-state index is 0.457. The van der Waals surface area contributed by atoms with Crippen molar-refractivity contribution in [2.75, 3.05) is 19.6 Å². The molecule has 2 aromatic rings. The number of hydrogen-bond acceptors (Lipinski definition) is 5. The largest absolute Gasteiger partial charge is 0.449 e. The Kier molecular flexibility index (Phi) is 6.65. The number of ether oxygens (including phenoxy) is 2. The Bertz CT molecular complexity index is 878. The molecule has 1 saturated heterocycles. The Morgan fingerprint density at radius 1 is 1.03 bits per heavy atom. The zero-order valence-corrected chi connectivity index (χ0v) is 18.5. The van der Waals surface area contributed by atoms with Crippen molar-refractivity contribution in [2.24, 2.45) is 5.73 Å². The second-order valence-electron chi connectivity index (χ2n) is 8.75. The fourth-order valence-corrected chi connectivity index (χ4v) is 4.90. The van der Waals surface area contributed by atoms with E-state index in [1.807, 2.05) is 30.3 Å². The molecule has 2 aromatic carbocycles. The Hall–Kier alpha value is -2.34. The summed E-state index contributed by atoms with van der Waals surface area (Å²) in [5.41, 5.74) is 9.90. The average Bonchev–Trinajstić information content (AvgIpc) is 3.30. The van der Waals surface area contributed by atoms with Gasteiger partial charge in [-0.15, -0.1) is 0 Å². The predicted molar refractivity (Wildman–Crippen MR) is 122 cm³/mol. The lowest BCUT2D eigenvalue weighted by Gasteiger charge is -2.38. The van der Waals surface area contributed by atoms with E-state index in [4.69, 9.17) is 15.2 Å². The highest BCUT2D eigenvalue weighted by Gasteiger charge is 2.43. The number of nitrogens with zero attached hydrogens (tertiary/aromatic N) is 1. The Balaban J connectivity index is 1.62. The van der Waals surface area contributed by atoms with E-state index in [2.05, 4.69) is 30.0 Å². The third kappa shape index (κ3) is 4.36. The molecule has 2 heterocycles. The molecular formula is C26H34N2O3.